The van der Waals surface area contributed by atoms with Crippen LogP contribution in [0.3, 0.4) is 0 Å². The Labute approximate surface area is 345 Å². The number of aliphatic imine (C=N–C) groups is 1. The van der Waals surface area contributed by atoms with Gasteiger partial charge in [0.15, 0.2) is 35.0 Å². The molecule has 7 atom stereocenters. The topological polar surface area (TPSA) is 327 Å². The number of hydrogen-bond acceptors (Lipinski definition) is 13. The molecule has 0 saturated heterocycles. The van der Waals surface area contributed by atoms with Gasteiger partial charge in [-0.15, -0.1) is 0 Å². The maximum atomic E-state index is 14.4. The van der Waals surface area contributed by atoms with Gasteiger partial charge >= 0.3 is 11.9 Å². The molecule has 2 amide bonds. The van der Waals surface area contributed by atoms with Crippen molar-refractivity contribution >= 4 is 47.6 Å². The van der Waals surface area contributed by atoms with Crippen LogP contribution in [-0.4, -0.2) is 106 Å². The summed E-state index contributed by atoms with van der Waals surface area (Å²) < 4.78 is 5.75. The van der Waals surface area contributed by atoms with E-state index in [-0.39, 0.29) is 42.4 Å². The number of amides is 2. The second-order valence-corrected chi connectivity index (χ2v) is 14.6. The number of aldehydes is 1. The van der Waals surface area contributed by atoms with Gasteiger partial charge < -0.3 is 43.6 Å². The molecule has 59 heavy (non-hydrogen) atoms. The molecule has 0 aliphatic heterocycles. The maximum absolute atomic E-state index is 14.4. The molecule has 18 heteroatoms. The van der Waals surface area contributed by atoms with Gasteiger partial charge in [-0.1, -0.05) is 68.8 Å². The molecule has 13 N–H and O–H groups in total. The monoisotopic (exact) mass is 826 g/mol. The first kappa shape index (κ1) is 51.5. The van der Waals surface area contributed by atoms with Crippen molar-refractivity contribution in [3.63, 3.8) is 0 Å². The number of allylic oxidation sites excluding steroid dienone is 3. The minimum absolute atomic E-state index is 0.0242. The second-order valence-electron chi connectivity index (χ2n) is 14.6. The van der Waals surface area contributed by atoms with Gasteiger partial charge in [0.1, 0.15) is 12.1 Å². The zero-order chi connectivity index (χ0) is 45.2. The highest BCUT2D eigenvalue weighted by Gasteiger charge is 2.54. The number of imide groups is 1. The molecular weight excluding hydrogens is 764 g/mol. The van der Waals surface area contributed by atoms with Crippen molar-refractivity contribution in [2.24, 2.45) is 45.5 Å². The lowest BCUT2D eigenvalue weighted by Crippen LogP contribution is -2.68. The Kier molecular flexibility index (Phi) is 20.7. The summed E-state index contributed by atoms with van der Waals surface area (Å²) in [6, 6.07) is 6.50. The van der Waals surface area contributed by atoms with E-state index < -0.39 is 96.2 Å². The van der Waals surface area contributed by atoms with E-state index in [1.54, 1.807) is 20.1 Å². The maximum Gasteiger partial charge on any atom is 0.320 e. The number of carboxylic acids is 2. The largest absolute Gasteiger partial charge is 0.480 e. The van der Waals surface area contributed by atoms with Crippen LogP contribution in [0.1, 0.15) is 78.7 Å². The van der Waals surface area contributed by atoms with E-state index in [0.717, 1.165) is 11.1 Å². The van der Waals surface area contributed by atoms with Crippen molar-refractivity contribution in [1.29, 1.82) is 0 Å². The predicted molar refractivity (Wildman–Crippen MR) is 222 cm³/mol. The fourth-order valence-corrected chi connectivity index (χ4v) is 6.61. The van der Waals surface area contributed by atoms with Crippen LogP contribution in [0.4, 0.5) is 0 Å². The lowest BCUT2D eigenvalue weighted by molar-refractivity contribution is -0.158. The van der Waals surface area contributed by atoms with Crippen molar-refractivity contribution < 1.29 is 48.5 Å². The van der Waals surface area contributed by atoms with Crippen LogP contribution in [0.5, 0.6) is 0 Å². The smallest absolute Gasteiger partial charge is 0.320 e. The number of ether oxygens (including phenoxy) is 1. The zero-order valence-corrected chi connectivity index (χ0v) is 35.0. The SMILES string of the molecule is CCCC(=O)N(C(=O)/C(C)=C(N)/C=C/C(C)=C/[C@H](C)[C@H](Cc1ccccc1)OC)[C@](C=O)(NC)[C@@H](C)CC(N=C(N)N)(C(=O)CC[C@H](N)C(=O)O)C(=O)C[C@H](N)C(=O)O. The number of hydrogen-bond donors (Lipinski definition) is 8. The fourth-order valence-electron chi connectivity index (χ4n) is 6.61. The number of carbonyl (C=O) groups excluding carboxylic acids is 5. The van der Waals surface area contributed by atoms with E-state index in [9.17, 15) is 43.8 Å². The number of benzene rings is 1. The van der Waals surface area contributed by atoms with E-state index in [0.29, 0.717) is 11.3 Å². The van der Waals surface area contributed by atoms with E-state index in [2.05, 4.69) is 10.3 Å². The zero-order valence-electron chi connectivity index (χ0n) is 35.0. The predicted octanol–water partition coefficient (Wildman–Crippen LogP) is 1.06. The van der Waals surface area contributed by atoms with Gasteiger partial charge in [0, 0.05) is 49.5 Å². The summed E-state index contributed by atoms with van der Waals surface area (Å²) in [5.41, 5.74) is 25.9. The van der Waals surface area contributed by atoms with Crippen molar-refractivity contribution in [1.82, 2.24) is 10.2 Å². The molecule has 0 bridgehead atoms. The van der Waals surface area contributed by atoms with Crippen LogP contribution in [0.15, 0.2) is 70.4 Å². The number of carboxylic acid groups (broad SMARTS) is 2. The fraction of sp³-hybridized carbons (Fsp3) is 0.512. The number of carbonyl (C=O) groups is 7. The molecule has 18 nitrogen and oxygen atoms in total. The number of nitrogens with two attached hydrogens (primary N) is 5. The van der Waals surface area contributed by atoms with Crippen molar-refractivity contribution in [2.75, 3.05) is 14.2 Å². The summed E-state index contributed by atoms with van der Waals surface area (Å²) >= 11 is 0. The molecule has 1 rings (SSSR count). The van der Waals surface area contributed by atoms with Crippen LogP contribution < -0.4 is 34.0 Å². The Morgan fingerprint density at radius 1 is 0.932 bits per heavy atom. The summed E-state index contributed by atoms with van der Waals surface area (Å²) in [4.78, 5) is 97.5. The number of guanidine groups is 1. The first-order valence-electron chi connectivity index (χ1n) is 19.1. The van der Waals surface area contributed by atoms with Crippen molar-refractivity contribution in [3.8, 4) is 0 Å². The number of nitrogens with one attached hydrogen (secondary N) is 1. The second kappa shape index (κ2) is 23.7. The number of rotatable bonds is 26. The third-order valence-electron chi connectivity index (χ3n) is 10.2. The lowest BCUT2D eigenvalue weighted by Gasteiger charge is -2.44. The van der Waals surface area contributed by atoms with Gasteiger partial charge in [0.25, 0.3) is 5.91 Å². The van der Waals surface area contributed by atoms with Gasteiger partial charge in [-0.3, -0.25) is 43.8 Å². The number of methoxy groups -OCH3 is 1. The summed E-state index contributed by atoms with van der Waals surface area (Å²) in [6.07, 6.45) is 3.02. The van der Waals surface area contributed by atoms with Crippen molar-refractivity contribution in [3.05, 3.63) is 71.0 Å². The van der Waals surface area contributed by atoms with Crippen LogP contribution in [0.2, 0.25) is 0 Å². The van der Waals surface area contributed by atoms with Crippen molar-refractivity contribution in [2.45, 2.75) is 109 Å². The molecule has 0 aliphatic rings. The van der Waals surface area contributed by atoms with E-state index in [4.69, 9.17) is 33.4 Å². The number of ketones is 2. The normalized spacial score (nSPS) is 16.9. The average Bonchev–Trinajstić information content (AvgIpc) is 3.18. The van der Waals surface area contributed by atoms with Gasteiger partial charge in [-0.05, 0) is 58.2 Å². The summed E-state index contributed by atoms with van der Waals surface area (Å²) in [5, 5.41) is 21.5. The molecule has 0 aliphatic carbocycles. The molecule has 0 fully saturated rings. The van der Waals surface area contributed by atoms with Gasteiger partial charge in [0.05, 0.1) is 6.10 Å². The Balaban J connectivity index is 3.84. The highest BCUT2D eigenvalue weighted by molar-refractivity contribution is 6.14. The minimum Gasteiger partial charge on any atom is -0.480 e. The van der Waals surface area contributed by atoms with Crippen LogP contribution >= 0.6 is 0 Å². The van der Waals surface area contributed by atoms with Gasteiger partial charge in [-0.25, -0.2) is 4.99 Å². The molecular formula is C41H62N8O10. The van der Waals surface area contributed by atoms with E-state index in [1.807, 2.05) is 50.3 Å². The van der Waals surface area contributed by atoms with E-state index >= 15 is 0 Å². The molecule has 1 aromatic carbocycles. The molecule has 0 heterocycles. The van der Waals surface area contributed by atoms with Crippen LogP contribution in [-0.2, 0) is 44.7 Å². The Morgan fingerprint density at radius 3 is 2.02 bits per heavy atom. The van der Waals surface area contributed by atoms with Crippen LogP contribution in [0.25, 0.3) is 0 Å². The molecule has 0 saturated carbocycles. The van der Waals surface area contributed by atoms with E-state index in [1.165, 1.54) is 27.0 Å². The quantitative estimate of drug-likeness (QED) is 0.0123. The first-order chi connectivity index (χ1) is 27.6. The summed E-state index contributed by atoms with van der Waals surface area (Å²) in [7, 11) is 2.91. The Hall–Kier alpha value is -5.56. The number of nitrogens with zero attached hydrogens (tertiary/aromatic N) is 2. The molecule has 1 aromatic rings. The molecule has 0 spiro atoms. The first-order valence-corrected chi connectivity index (χ1v) is 19.1. The summed E-state index contributed by atoms with van der Waals surface area (Å²) in [6.45, 7) is 8.22. The highest BCUT2D eigenvalue weighted by Crippen LogP contribution is 2.35. The standard InChI is InChI=1S/C41H62N8O10/c1-8-12-35(53)49(36(54)27(5)29(42)16-15-24(2)19-25(3)32(59-7)20-28-13-10-9-11-14-28)41(23-50,47-6)26(4)22-40(48-39(45)46,34(52)21-31(44)38(57)58)33(51)18-17-30(43)37(55)56/h9-11,13-16,19,23,25-26,30-32,47H,8,12,17-18,20-22,42-44H2,1-7H3,(H,55,56)(H,57,58)(H4,45,46,48)/b16-15+,24-19+,29-27-/t25-,26-,30-,31-,32-,40?,41-/m0/s1. The third kappa shape index (κ3) is 14.1. The lowest BCUT2D eigenvalue weighted by atomic mass is 9.74. The average molecular weight is 827 g/mol. The van der Waals surface area contributed by atoms with Gasteiger partial charge in [0.2, 0.25) is 5.91 Å². The van der Waals surface area contributed by atoms with Gasteiger partial charge in [-0.2, -0.15) is 0 Å². The summed E-state index contributed by atoms with van der Waals surface area (Å²) in [5.74, 6) is -9.32. The van der Waals surface area contributed by atoms with Crippen LogP contribution in [0, 0.1) is 11.8 Å². The molecule has 326 valence electrons. The molecule has 0 aromatic heterocycles. The number of likely N-dealkylation sites (N-methyl/N-ethyl adjacent to an activating group) is 1. The molecule has 0 radical (unpaired) electrons. The Bertz CT molecular complexity index is 1790. The highest BCUT2D eigenvalue weighted by atomic mass is 16.5. The Morgan fingerprint density at radius 2 is 1.53 bits per heavy atom. The number of Topliss-reactive ketones (excluding diaryl/α,β-unsaturated/α-hetero) is 2. The third-order valence-corrected chi connectivity index (χ3v) is 10.2. The molecule has 1 unspecified atom stereocenters. The number of aliphatic carboxylic acids is 2. The minimum atomic E-state index is -2.67.